The van der Waals surface area contributed by atoms with Crippen LogP contribution in [0.15, 0.2) is 53.5 Å². The number of anilines is 1. The monoisotopic (exact) mass is 436 g/mol. The van der Waals surface area contributed by atoms with E-state index in [4.69, 9.17) is 9.73 Å². The molecule has 8 heteroatoms. The lowest BCUT2D eigenvalue weighted by Crippen LogP contribution is -2.32. The van der Waals surface area contributed by atoms with Crippen LogP contribution < -0.4 is 15.4 Å². The Morgan fingerprint density at radius 1 is 1.16 bits per heavy atom. The minimum atomic E-state index is -0.194. The van der Waals surface area contributed by atoms with Gasteiger partial charge in [0.15, 0.2) is 11.8 Å². The molecule has 2 N–H and O–H groups in total. The Hall–Kier alpha value is -3.42. The lowest BCUT2D eigenvalue weighted by atomic mass is 10.1. The first-order valence-corrected chi connectivity index (χ1v) is 11.0. The summed E-state index contributed by atoms with van der Waals surface area (Å²) in [6.45, 7) is 5.89. The van der Waals surface area contributed by atoms with Crippen LogP contribution in [0.4, 0.5) is 10.1 Å². The molecule has 0 bridgehead atoms. The Labute approximate surface area is 187 Å². The van der Waals surface area contributed by atoms with Crippen molar-refractivity contribution >= 4 is 11.6 Å². The minimum Gasteiger partial charge on any atom is -0.491 e. The molecule has 4 rings (SSSR count). The summed E-state index contributed by atoms with van der Waals surface area (Å²) in [6.07, 6.45) is 2.73. The van der Waals surface area contributed by atoms with Crippen molar-refractivity contribution in [1.82, 2.24) is 20.1 Å². The maximum absolute atomic E-state index is 13.9. The van der Waals surface area contributed by atoms with E-state index in [2.05, 4.69) is 25.4 Å². The number of aryl methyl sites for hydroxylation is 1. The van der Waals surface area contributed by atoms with Crippen molar-refractivity contribution in [3.8, 4) is 5.75 Å². The summed E-state index contributed by atoms with van der Waals surface area (Å²) in [5.74, 6) is 3.11. The van der Waals surface area contributed by atoms with Crippen molar-refractivity contribution in [1.29, 1.82) is 0 Å². The molecular formula is C24H29FN6O. The molecule has 0 aliphatic carbocycles. The number of hydrogen-bond acceptors (Lipinski definition) is 4. The average Bonchev–Trinajstić information content (AvgIpc) is 3.39. The van der Waals surface area contributed by atoms with Crippen LogP contribution in [-0.2, 0) is 25.9 Å². The van der Waals surface area contributed by atoms with E-state index in [1.165, 1.54) is 6.07 Å². The summed E-state index contributed by atoms with van der Waals surface area (Å²) in [5.41, 5.74) is 1.55. The molecule has 32 heavy (non-hydrogen) atoms. The second-order valence-corrected chi connectivity index (χ2v) is 8.04. The van der Waals surface area contributed by atoms with Gasteiger partial charge in [-0.1, -0.05) is 18.2 Å². The zero-order chi connectivity index (χ0) is 22.3. The Morgan fingerprint density at radius 2 is 1.97 bits per heavy atom. The summed E-state index contributed by atoms with van der Waals surface area (Å²) in [4.78, 5) is 4.71. The Balaban J connectivity index is 1.44. The first-order valence-electron chi connectivity index (χ1n) is 11.0. The van der Waals surface area contributed by atoms with Gasteiger partial charge in [-0.25, -0.2) is 9.38 Å². The van der Waals surface area contributed by atoms with Crippen LogP contribution in [0.25, 0.3) is 0 Å². The molecule has 2 aromatic carbocycles. The van der Waals surface area contributed by atoms with Gasteiger partial charge < -0.3 is 19.9 Å². The van der Waals surface area contributed by atoms with Gasteiger partial charge in [0, 0.05) is 25.2 Å². The number of nitrogens with zero attached hydrogens (tertiary/aromatic N) is 4. The molecule has 0 amide bonds. The normalized spacial score (nSPS) is 13.3. The first-order chi connectivity index (χ1) is 15.6. The fourth-order valence-corrected chi connectivity index (χ4v) is 3.66. The van der Waals surface area contributed by atoms with Crippen molar-refractivity contribution in [2.45, 2.75) is 52.3 Å². The number of nitrogens with one attached hydrogen (secondary N) is 2. The van der Waals surface area contributed by atoms with Crippen LogP contribution in [-0.4, -0.2) is 33.4 Å². The van der Waals surface area contributed by atoms with Crippen molar-refractivity contribution in [3.05, 3.63) is 71.6 Å². The molecule has 0 unspecified atom stereocenters. The third kappa shape index (κ3) is 5.63. The maximum Gasteiger partial charge on any atom is 0.196 e. The Morgan fingerprint density at radius 3 is 2.75 bits per heavy atom. The molecule has 3 aromatic rings. The van der Waals surface area contributed by atoms with Gasteiger partial charge in [0.05, 0.1) is 6.10 Å². The van der Waals surface area contributed by atoms with Gasteiger partial charge in [-0.05, 0) is 62.6 Å². The van der Waals surface area contributed by atoms with Crippen LogP contribution in [0.3, 0.4) is 0 Å². The van der Waals surface area contributed by atoms with E-state index in [1.807, 2.05) is 44.2 Å². The molecule has 1 aromatic heterocycles. The molecule has 0 atom stereocenters. The number of rotatable bonds is 8. The predicted molar refractivity (Wildman–Crippen MR) is 123 cm³/mol. The average molecular weight is 437 g/mol. The second kappa shape index (κ2) is 10.3. The van der Waals surface area contributed by atoms with Gasteiger partial charge in [-0.2, -0.15) is 0 Å². The topological polar surface area (TPSA) is 76.4 Å². The number of guanidine groups is 1. The van der Waals surface area contributed by atoms with Gasteiger partial charge in [-0.3, -0.25) is 0 Å². The van der Waals surface area contributed by atoms with Crippen LogP contribution in [0.5, 0.6) is 5.75 Å². The highest BCUT2D eigenvalue weighted by Crippen LogP contribution is 2.18. The van der Waals surface area contributed by atoms with E-state index in [9.17, 15) is 4.39 Å². The lowest BCUT2D eigenvalue weighted by Gasteiger charge is -2.14. The van der Waals surface area contributed by atoms with Gasteiger partial charge in [0.25, 0.3) is 0 Å². The highest BCUT2D eigenvalue weighted by molar-refractivity contribution is 5.93. The standard InChI is InChI=1S/C24H29FN6O/c1-17(2)32-20-11-9-19(10-12-20)28-24(26-14-13-18-6-3-4-7-21(18)25)27-16-23-30-29-22-8-5-15-31(22)23/h3-4,6-7,9-12,17H,5,8,13-16H2,1-2H3,(H2,26,27,28). The maximum atomic E-state index is 13.9. The van der Waals surface area contributed by atoms with E-state index < -0.39 is 0 Å². The molecule has 0 fully saturated rings. The number of fused-ring (bicyclic) bond motifs is 1. The van der Waals surface area contributed by atoms with Crippen LogP contribution in [0.2, 0.25) is 0 Å². The van der Waals surface area contributed by atoms with Gasteiger partial charge in [0.2, 0.25) is 0 Å². The number of benzene rings is 2. The molecule has 0 saturated carbocycles. The number of hydrogen-bond donors (Lipinski definition) is 2. The molecule has 168 valence electrons. The molecule has 0 radical (unpaired) electrons. The van der Waals surface area contributed by atoms with Crippen molar-refractivity contribution < 1.29 is 9.13 Å². The third-order valence-electron chi connectivity index (χ3n) is 5.20. The summed E-state index contributed by atoms with van der Waals surface area (Å²) in [7, 11) is 0. The van der Waals surface area contributed by atoms with Crippen LogP contribution >= 0.6 is 0 Å². The molecule has 0 saturated heterocycles. The van der Waals surface area contributed by atoms with Crippen molar-refractivity contribution in [3.63, 3.8) is 0 Å². The number of aromatic nitrogens is 3. The SMILES string of the molecule is CC(C)Oc1ccc(NC(=NCc2nnc3n2CCC3)NCCc2ccccc2F)cc1. The largest absolute Gasteiger partial charge is 0.491 e. The fraction of sp³-hybridized carbons (Fsp3) is 0.375. The van der Waals surface area contributed by atoms with Crippen molar-refractivity contribution in [2.75, 3.05) is 11.9 Å². The molecule has 1 aliphatic rings. The zero-order valence-corrected chi connectivity index (χ0v) is 18.5. The van der Waals surface area contributed by atoms with Gasteiger partial charge in [0.1, 0.15) is 23.9 Å². The predicted octanol–water partition coefficient (Wildman–Crippen LogP) is 3.95. The minimum absolute atomic E-state index is 0.121. The summed E-state index contributed by atoms with van der Waals surface area (Å²) in [5, 5.41) is 15.2. The van der Waals surface area contributed by atoms with Crippen LogP contribution in [0, 0.1) is 5.82 Å². The number of halogens is 1. The van der Waals surface area contributed by atoms with E-state index in [-0.39, 0.29) is 11.9 Å². The number of ether oxygens (including phenoxy) is 1. The third-order valence-corrected chi connectivity index (χ3v) is 5.20. The quantitative estimate of drug-likeness (QED) is 0.413. The highest BCUT2D eigenvalue weighted by Gasteiger charge is 2.17. The van der Waals surface area contributed by atoms with Crippen LogP contribution in [0.1, 0.15) is 37.5 Å². The van der Waals surface area contributed by atoms with E-state index in [0.717, 1.165) is 42.5 Å². The smallest absolute Gasteiger partial charge is 0.196 e. The van der Waals surface area contributed by atoms with E-state index >= 15 is 0 Å². The molecule has 1 aliphatic heterocycles. The highest BCUT2D eigenvalue weighted by atomic mass is 19.1. The molecule has 7 nitrogen and oxygen atoms in total. The molecule has 2 heterocycles. The van der Waals surface area contributed by atoms with Gasteiger partial charge >= 0.3 is 0 Å². The summed E-state index contributed by atoms with van der Waals surface area (Å²) in [6, 6.07) is 14.6. The van der Waals surface area contributed by atoms with E-state index in [0.29, 0.717) is 31.0 Å². The van der Waals surface area contributed by atoms with Gasteiger partial charge in [-0.15, -0.1) is 10.2 Å². The lowest BCUT2D eigenvalue weighted by molar-refractivity contribution is 0.242. The Bertz CT molecular complexity index is 1060. The second-order valence-electron chi connectivity index (χ2n) is 8.04. The summed E-state index contributed by atoms with van der Waals surface area (Å²) >= 11 is 0. The van der Waals surface area contributed by atoms with Crippen molar-refractivity contribution in [2.24, 2.45) is 4.99 Å². The number of aliphatic imine (C=N–C) groups is 1. The fourth-order valence-electron chi connectivity index (χ4n) is 3.66. The first kappa shape index (κ1) is 21.8. The Kier molecular flexibility index (Phi) is 6.99. The van der Waals surface area contributed by atoms with E-state index in [1.54, 1.807) is 12.1 Å². The summed E-state index contributed by atoms with van der Waals surface area (Å²) < 4.78 is 21.8. The molecular weight excluding hydrogens is 407 g/mol. The zero-order valence-electron chi connectivity index (χ0n) is 18.5. The molecule has 0 spiro atoms.